The number of benzene rings is 1. The third-order valence-corrected chi connectivity index (χ3v) is 3.19. The van der Waals surface area contributed by atoms with E-state index in [1.165, 1.54) is 19.2 Å². The lowest BCUT2D eigenvalue weighted by molar-refractivity contribution is 0.0995. The van der Waals surface area contributed by atoms with Crippen molar-refractivity contribution in [2.45, 2.75) is 12.8 Å². The normalized spacial score (nSPS) is 11.9. The van der Waals surface area contributed by atoms with E-state index in [1.807, 2.05) is 6.92 Å². The molecule has 0 radical (unpaired) electrons. The number of aromatic nitrogens is 1. The molecular formula is C15H15FN2O2. The zero-order valence-electron chi connectivity index (χ0n) is 11.3. The Morgan fingerprint density at radius 1 is 1.30 bits per heavy atom. The van der Waals surface area contributed by atoms with Crippen LogP contribution in [0, 0.1) is 5.82 Å². The van der Waals surface area contributed by atoms with Gasteiger partial charge in [-0.1, -0.05) is 19.1 Å². The number of amides is 1. The van der Waals surface area contributed by atoms with E-state index >= 15 is 0 Å². The van der Waals surface area contributed by atoms with Crippen LogP contribution in [-0.2, 0) is 0 Å². The number of carbonyl (C=O) groups is 1. The predicted octanol–water partition coefficient (Wildman–Crippen LogP) is 2.48. The lowest BCUT2D eigenvalue weighted by atomic mass is 9.93. The number of carbonyl (C=O) groups excluding carboxylic acids is 1. The average Bonchev–Trinajstić information content (AvgIpc) is 2.46. The summed E-state index contributed by atoms with van der Waals surface area (Å²) in [5, 5.41) is 0. The van der Waals surface area contributed by atoms with Crippen molar-refractivity contribution in [3.05, 3.63) is 59.2 Å². The first-order valence-electron chi connectivity index (χ1n) is 6.12. The van der Waals surface area contributed by atoms with Gasteiger partial charge in [-0.3, -0.25) is 9.78 Å². The molecule has 0 bridgehead atoms. The molecule has 2 rings (SSSR count). The van der Waals surface area contributed by atoms with Crippen molar-refractivity contribution < 1.29 is 13.9 Å². The largest absolute Gasteiger partial charge is 0.496 e. The van der Waals surface area contributed by atoms with Gasteiger partial charge in [0.1, 0.15) is 17.1 Å². The minimum absolute atomic E-state index is 0.201. The second-order valence-corrected chi connectivity index (χ2v) is 4.41. The van der Waals surface area contributed by atoms with E-state index in [4.69, 9.17) is 10.5 Å². The molecule has 4 nitrogen and oxygen atoms in total. The quantitative estimate of drug-likeness (QED) is 0.931. The number of rotatable bonds is 4. The van der Waals surface area contributed by atoms with Gasteiger partial charge in [0.05, 0.1) is 12.8 Å². The minimum Gasteiger partial charge on any atom is -0.496 e. The van der Waals surface area contributed by atoms with E-state index in [2.05, 4.69) is 4.98 Å². The molecule has 1 amide bonds. The van der Waals surface area contributed by atoms with Gasteiger partial charge in [0.25, 0.3) is 5.91 Å². The molecule has 104 valence electrons. The van der Waals surface area contributed by atoms with Crippen molar-refractivity contribution in [2.24, 2.45) is 5.73 Å². The number of methoxy groups -OCH3 is 1. The van der Waals surface area contributed by atoms with Gasteiger partial charge in [-0.2, -0.15) is 0 Å². The highest BCUT2D eigenvalue weighted by atomic mass is 19.1. The van der Waals surface area contributed by atoms with Crippen molar-refractivity contribution >= 4 is 5.91 Å². The molecule has 1 heterocycles. The highest BCUT2D eigenvalue weighted by molar-refractivity contribution is 5.97. The standard InChI is InChI=1S/C15H15FN2O2/c1-9(10-3-5-11(16)6-4-10)14-13(15(17)19)12(20-2)7-8-18-14/h3-9H,1-2H3,(H2,17,19). The molecule has 1 aromatic carbocycles. The Bertz CT molecular complexity index is 626. The number of primary amides is 1. The zero-order valence-corrected chi connectivity index (χ0v) is 11.3. The Morgan fingerprint density at radius 2 is 1.95 bits per heavy atom. The van der Waals surface area contributed by atoms with Crippen LogP contribution in [0.25, 0.3) is 0 Å². The fraction of sp³-hybridized carbons (Fsp3) is 0.200. The fourth-order valence-electron chi connectivity index (χ4n) is 2.11. The van der Waals surface area contributed by atoms with Gasteiger partial charge in [0.15, 0.2) is 0 Å². The number of pyridine rings is 1. The van der Waals surface area contributed by atoms with Crippen LogP contribution in [0.1, 0.15) is 34.5 Å². The van der Waals surface area contributed by atoms with Crippen LogP contribution in [0.3, 0.4) is 0 Å². The summed E-state index contributed by atoms with van der Waals surface area (Å²) in [7, 11) is 1.47. The lowest BCUT2D eigenvalue weighted by Crippen LogP contribution is -2.18. The van der Waals surface area contributed by atoms with E-state index in [9.17, 15) is 9.18 Å². The average molecular weight is 274 g/mol. The monoisotopic (exact) mass is 274 g/mol. The number of ether oxygens (including phenoxy) is 1. The molecule has 2 aromatic rings. The van der Waals surface area contributed by atoms with E-state index < -0.39 is 5.91 Å². The maximum Gasteiger partial charge on any atom is 0.254 e. The smallest absolute Gasteiger partial charge is 0.254 e. The first-order valence-corrected chi connectivity index (χ1v) is 6.12. The van der Waals surface area contributed by atoms with Crippen LogP contribution in [0.5, 0.6) is 5.75 Å². The molecule has 0 saturated carbocycles. The topological polar surface area (TPSA) is 65.2 Å². The molecule has 20 heavy (non-hydrogen) atoms. The molecule has 1 unspecified atom stereocenters. The van der Waals surface area contributed by atoms with E-state index in [-0.39, 0.29) is 17.3 Å². The van der Waals surface area contributed by atoms with Crippen LogP contribution < -0.4 is 10.5 Å². The van der Waals surface area contributed by atoms with Crippen LogP contribution in [0.4, 0.5) is 4.39 Å². The van der Waals surface area contributed by atoms with Crippen LogP contribution in [0.15, 0.2) is 36.5 Å². The molecule has 2 N–H and O–H groups in total. The predicted molar refractivity (Wildman–Crippen MR) is 73.2 cm³/mol. The lowest BCUT2D eigenvalue weighted by Gasteiger charge is -2.16. The molecule has 0 aliphatic heterocycles. The van der Waals surface area contributed by atoms with Crippen LogP contribution >= 0.6 is 0 Å². The number of hydrogen-bond acceptors (Lipinski definition) is 3. The van der Waals surface area contributed by atoms with Crippen LogP contribution in [0.2, 0.25) is 0 Å². The van der Waals surface area contributed by atoms with Crippen molar-refractivity contribution in [3.63, 3.8) is 0 Å². The van der Waals surface area contributed by atoms with E-state index in [0.29, 0.717) is 11.4 Å². The summed E-state index contributed by atoms with van der Waals surface area (Å²) in [5.74, 6) is -0.724. The number of nitrogens with two attached hydrogens (primary N) is 1. The molecule has 0 aliphatic carbocycles. The van der Waals surface area contributed by atoms with E-state index in [0.717, 1.165) is 5.56 Å². The Balaban J connectivity index is 2.51. The second-order valence-electron chi connectivity index (χ2n) is 4.41. The molecule has 0 aliphatic rings. The summed E-state index contributed by atoms with van der Waals surface area (Å²) >= 11 is 0. The van der Waals surface area contributed by atoms with E-state index in [1.54, 1.807) is 24.4 Å². The maximum absolute atomic E-state index is 13.0. The summed E-state index contributed by atoms with van der Waals surface area (Å²) < 4.78 is 18.1. The molecule has 5 heteroatoms. The maximum atomic E-state index is 13.0. The Morgan fingerprint density at radius 3 is 2.50 bits per heavy atom. The second kappa shape index (κ2) is 5.69. The van der Waals surface area contributed by atoms with Gasteiger partial charge in [-0.05, 0) is 23.8 Å². The Labute approximate surface area is 116 Å². The highest BCUT2D eigenvalue weighted by Crippen LogP contribution is 2.29. The number of halogens is 1. The summed E-state index contributed by atoms with van der Waals surface area (Å²) in [6.07, 6.45) is 1.56. The third-order valence-electron chi connectivity index (χ3n) is 3.19. The Kier molecular flexibility index (Phi) is 3.98. The third kappa shape index (κ3) is 2.61. The SMILES string of the molecule is COc1ccnc(C(C)c2ccc(F)cc2)c1C(N)=O. The first kappa shape index (κ1) is 14.0. The number of hydrogen-bond donors (Lipinski definition) is 1. The van der Waals surface area contributed by atoms with Gasteiger partial charge in [-0.15, -0.1) is 0 Å². The first-order chi connectivity index (χ1) is 9.54. The summed E-state index contributed by atoms with van der Waals surface area (Å²) in [5.41, 5.74) is 7.03. The summed E-state index contributed by atoms with van der Waals surface area (Å²) in [6, 6.07) is 7.64. The van der Waals surface area contributed by atoms with Crippen molar-refractivity contribution in [2.75, 3.05) is 7.11 Å². The van der Waals surface area contributed by atoms with Crippen molar-refractivity contribution in [1.82, 2.24) is 4.98 Å². The van der Waals surface area contributed by atoms with Gasteiger partial charge in [0, 0.05) is 12.1 Å². The van der Waals surface area contributed by atoms with Crippen molar-refractivity contribution in [1.29, 1.82) is 0 Å². The fourth-order valence-corrected chi connectivity index (χ4v) is 2.11. The Hall–Kier alpha value is -2.43. The minimum atomic E-state index is -0.598. The zero-order chi connectivity index (χ0) is 14.7. The van der Waals surface area contributed by atoms with Gasteiger partial charge < -0.3 is 10.5 Å². The number of nitrogens with zero attached hydrogens (tertiary/aromatic N) is 1. The molecule has 1 aromatic heterocycles. The van der Waals surface area contributed by atoms with Crippen LogP contribution in [-0.4, -0.2) is 18.0 Å². The molecule has 0 fully saturated rings. The summed E-state index contributed by atoms with van der Waals surface area (Å²) in [4.78, 5) is 15.9. The van der Waals surface area contributed by atoms with Crippen molar-refractivity contribution in [3.8, 4) is 5.75 Å². The van der Waals surface area contributed by atoms with Gasteiger partial charge >= 0.3 is 0 Å². The summed E-state index contributed by atoms with van der Waals surface area (Å²) in [6.45, 7) is 1.88. The van der Waals surface area contributed by atoms with Gasteiger partial charge in [-0.25, -0.2) is 4.39 Å². The van der Waals surface area contributed by atoms with Gasteiger partial charge in [0.2, 0.25) is 0 Å². The molecule has 0 saturated heterocycles. The highest BCUT2D eigenvalue weighted by Gasteiger charge is 2.21. The molecular weight excluding hydrogens is 259 g/mol. The molecule has 0 spiro atoms. The molecule has 1 atom stereocenters.